The lowest BCUT2D eigenvalue weighted by Gasteiger charge is -2.26. The minimum Gasteiger partial charge on any atom is -0.475 e. The van der Waals surface area contributed by atoms with Gasteiger partial charge in [-0.05, 0) is 25.3 Å². The first-order chi connectivity index (χ1) is 7.29. The zero-order chi connectivity index (χ0) is 12.8. The molecular formula is C9H16F3NO3. The number of carbonyl (C=O) groups is 1. The van der Waals surface area contributed by atoms with Gasteiger partial charge < -0.3 is 15.5 Å². The summed E-state index contributed by atoms with van der Waals surface area (Å²) in [5, 5.41) is 19.7. The third-order valence-electron chi connectivity index (χ3n) is 2.33. The Morgan fingerprint density at radius 3 is 2.25 bits per heavy atom. The van der Waals surface area contributed by atoms with Crippen LogP contribution in [-0.2, 0) is 4.79 Å². The van der Waals surface area contributed by atoms with E-state index in [9.17, 15) is 18.3 Å². The number of carboxylic acid groups (broad SMARTS) is 1. The first kappa shape index (κ1) is 15.2. The van der Waals surface area contributed by atoms with Crippen molar-refractivity contribution in [3.63, 3.8) is 0 Å². The summed E-state index contributed by atoms with van der Waals surface area (Å²) >= 11 is 0. The van der Waals surface area contributed by atoms with Crippen LogP contribution in [-0.4, -0.2) is 41.6 Å². The molecule has 0 bridgehead atoms. The van der Waals surface area contributed by atoms with Gasteiger partial charge in [0.05, 0.1) is 6.10 Å². The fourth-order valence-corrected chi connectivity index (χ4v) is 1.33. The summed E-state index contributed by atoms with van der Waals surface area (Å²) in [5.74, 6) is -2.26. The molecule has 0 unspecified atom stereocenters. The zero-order valence-corrected chi connectivity index (χ0v) is 8.92. The lowest BCUT2D eigenvalue weighted by atomic mass is 9.94. The maximum Gasteiger partial charge on any atom is 0.490 e. The van der Waals surface area contributed by atoms with Crippen LogP contribution >= 0.6 is 0 Å². The van der Waals surface area contributed by atoms with Crippen molar-refractivity contribution in [3.05, 3.63) is 0 Å². The summed E-state index contributed by atoms with van der Waals surface area (Å²) in [7, 11) is 0. The highest BCUT2D eigenvalue weighted by Crippen LogP contribution is 2.13. The van der Waals surface area contributed by atoms with Crippen LogP contribution < -0.4 is 5.32 Å². The highest BCUT2D eigenvalue weighted by Gasteiger charge is 2.38. The van der Waals surface area contributed by atoms with Crippen molar-refractivity contribution in [2.45, 2.75) is 32.0 Å². The second kappa shape index (κ2) is 6.70. The fraction of sp³-hybridized carbons (Fsp3) is 0.889. The summed E-state index contributed by atoms with van der Waals surface area (Å²) in [4.78, 5) is 8.90. The zero-order valence-electron chi connectivity index (χ0n) is 8.92. The molecule has 16 heavy (non-hydrogen) atoms. The Kier molecular flexibility index (Phi) is 6.35. The van der Waals surface area contributed by atoms with Gasteiger partial charge in [-0.1, -0.05) is 6.92 Å². The van der Waals surface area contributed by atoms with E-state index in [2.05, 4.69) is 12.2 Å². The van der Waals surface area contributed by atoms with Gasteiger partial charge in [0.25, 0.3) is 0 Å². The number of carboxylic acids is 1. The molecule has 0 amide bonds. The molecular weight excluding hydrogens is 227 g/mol. The van der Waals surface area contributed by atoms with Crippen LogP contribution in [0.25, 0.3) is 0 Å². The van der Waals surface area contributed by atoms with Crippen LogP contribution in [0.2, 0.25) is 0 Å². The molecule has 0 aliphatic carbocycles. The van der Waals surface area contributed by atoms with Crippen molar-refractivity contribution in [2.24, 2.45) is 5.92 Å². The summed E-state index contributed by atoms with van der Waals surface area (Å²) in [6.07, 6.45) is -3.11. The van der Waals surface area contributed by atoms with E-state index in [4.69, 9.17) is 9.90 Å². The number of hydrogen-bond acceptors (Lipinski definition) is 3. The van der Waals surface area contributed by atoms with Crippen molar-refractivity contribution < 1.29 is 28.2 Å². The van der Waals surface area contributed by atoms with Gasteiger partial charge >= 0.3 is 12.1 Å². The molecule has 2 atom stereocenters. The van der Waals surface area contributed by atoms with E-state index in [1.807, 2.05) is 0 Å². The van der Waals surface area contributed by atoms with Crippen molar-refractivity contribution in [2.75, 3.05) is 13.1 Å². The van der Waals surface area contributed by atoms with Crippen molar-refractivity contribution >= 4 is 5.97 Å². The van der Waals surface area contributed by atoms with E-state index in [1.54, 1.807) is 0 Å². The Morgan fingerprint density at radius 2 is 2.00 bits per heavy atom. The highest BCUT2D eigenvalue weighted by molar-refractivity contribution is 5.73. The molecule has 0 aromatic heterocycles. The quantitative estimate of drug-likeness (QED) is 0.642. The van der Waals surface area contributed by atoms with Crippen molar-refractivity contribution in [1.29, 1.82) is 0 Å². The topological polar surface area (TPSA) is 69.6 Å². The SMILES string of the molecule is CC[C@@H]1CNCC[C@@H]1O.O=C(O)C(F)(F)F. The Balaban J connectivity index is 0.000000293. The smallest absolute Gasteiger partial charge is 0.475 e. The third-order valence-corrected chi connectivity index (χ3v) is 2.33. The molecule has 0 saturated carbocycles. The number of aliphatic hydroxyl groups is 1. The number of piperidine rings is 1. The second-order valence-corrected chi connectivity index (χ2v) is 3.53. The lowest BCUT2D eigenvalue weighted by Crippen LogP contribution is -2.39. The molecule has 0 spiro atoms. The van der Waals surface area contributed by atoms with Gasteiger partial charge in [-0.15, -0.1) is 0 Å². The van der Waals surface area contributed by atoms with Gasteiger partial charge in [0.1, 0.15) is 0 Å². The standard InChI is InChI=1S/C7H15NO.C2HF3O2/c1-2-6-5-8-4-3-7(6)9;3-2(4,5)1(6)7/h6-9H,2-5H2,1H3;(H,6,7)/t6-,7+;/m1./s1. The minimum atomic E-state index is -5.08. The van der Waals surface area contributed by atoms with Gasteiger partial charge in [0.15, 0.2) is 0 Å². The van der Waals surface area contributed by atoms with Crippen LogP contribution in [0.4, 0.5) is 13.2 Å². The number of halogens is 3. The van der Waals surface area contributed by atoms with Gasteiger partial charge in [-0.3, -0.25) is 0 Å². The van der Waals surface area contributed by atoms with Crippen molar-refractivity contribution in [1.82, 2.24) is 5.32 Å². The molecule has 1 aliphatic rings. The molecule has 96 valence electrons. The molecule has 0 aromatic rings. The summed E-state index contributed by atoms with van der Waals surface area (Å²) in [5.41, 5.74) is 0. The molecule has 7 heteroatoms. The number of hydrogen-bond donors (Lipinski definition) is 3. The molecule has 1 rings (SSSR count). The van der Waals surface area contributed by atoms with E-state index in [0.717, 1.165) is 25.9 Å². The second-order valence-electron chi connectivity index (χ2n) is 3.53. The molecule has 1 fully saturated rings. The molecule has 1 heterocycles. The fourth-order valence-electron chi connectivity index (χ4n) is 1.33. The Bertz CT molecular complexity index is 221. The molecule has 0 radical (unpaired) electrons. The maximum absolute atomic E-state index is 10.6. The Labute approximate surface area is 91.5 Å². The lowest BCUT2D eigenvalue weighted by molar-refractivity contribution is -0.192. The monoisotopic (exact) mass is 243 g/mol. The van der Waals surface area contributed by atoms with E-state index >= 15 is 0 Å². The molecule has 3 N–H and O–H groups in total. The number of rotatable bonds is 1. The van der Waals surface area contributed by atoms with Gasteiger partial charge in [0, 0.05) is 6.54 Å². The number of aliphatic carboxylic acids is 1. The first-order valence-corrected chi connectivity index (χ1v) is 4.98. The van der Waals surface area contributed by atoms with Gasteiger partial charge in [-0.25, -0.2) is 4.79 Å². The first-order valence-electron chi connectivity index (χ1n) is 4.98. The highest BCUT2D eigenvalue weighted by atomic mass is 19.4. The van der Waals surface area contributed by atoms with Gasteiger partial charge in [-0.2, -0.15) is 13.2 Å². The molecule has 1 aliphatic heterocycles. The Morgan fingerprint density at radius 1 is 1.50 bits per heavy atom. The van der Waals surface area contributed by atoms with Gasteiger partial charge in [0.2, 0.25) is 0 Å². The van der Waals surface area contributed by atoms with Crippen LogP contribution in [0, 0.1) is 5.92 Å². The minimum absolute atomic E-state index is 0.0451. The van der Waals surface area contributed by atoms with E-state index in [0.29, 0.717) is 5.92 Å². The summed E-state index contributed by atoms with van der Waals surface area (Å²) < 4.78 is 31.7. The van der Waals surface area contributed by atoms with Crippen LogP contribution in [0.15, 0.2) is 0 Å². The average molecular weight is 243 g/mol. The maximum atomic E-state index is 10.6. The summed E-state index contributed by atoms with van der Waals surface area (Å²) in [6, 6.07) is 0. The molecule has 4 nitrogen and oxygen atoms in total. The third kappa shape index (κ3) is 5.92. The molecule has 0 aromatic carbocycles. The number of aliphatic hydroxyl groups excluding tert-OH is 1. The van der Waals surface area contributed by atoms with Crippen LogP contribution in [0.1, 0.15) is 19.8 Å². The predicted octanol–water partition coefficient (Wildman–Crippen LogP) is 1.00. The number of alkyl halides is 3. The van der Waals surface area contributed by atoms with Crippen LogP contribution in [0.3, 0.4) is 0 Å². The van der Waals surface area contributed by atoms with E-state index < -0.39 is 12.1 Å². The van der Waals surface area contributed by atoms with Crippen LogP contribution in [0.5, 0.6) is 0 Å². The summed E-state index contributed by atoms with van der Waals surface area (Å²) in [6.45, 7) is 4.11. The normalized spacial score (nSPS) is 25.6. The average Bonchev–Trinajstić information content (AvgIpc) is 2.18. The largest absolute Gasteiger partial charge is 0.490 e. The Hall–Kier alpha value is -0.820. The van der Waals surface area contributed by atoms with Crippen molar-refractivity contribution in [3.8, 4) is 0 Å². The van der Waals surface area contributed by atoms with E-state index in [-0.39, 0.29) is 6.10 Å². The van der Waals surface area contributed by atoms with E-state index in [1.165, 1.54) is 0 Å². The number of nitrogens with one attached hydrogen (secondary N) is 1. The molecule has 1 saturated heterocycles. The predicted molar refractivity (Wildman–Crippen MR) is 51.0 cm³/mol.